The highest BCUT2D eigenvalue weighted by Gasteiger charge is 2.41. The standard InChI is InChI=1S/C18H19ClF3N5O3/c1-23-17(29)26-6-5-13-11(8-26)16(18(20,21)22)25-27(13)9-15(28)24-12-7-10(19)3-4-14(12)30-2/h3-4,7H,5-6,8-9H2,1-2H3,(H,23,29)(H,24,28). The van der Waals surface area contributed by atoms with Crippen LogP contribution in [0.1, 0.15) is 17.0 Å². The normalized spacial score (nSPS) is 13.6. The summed E-state index contributed by atoms with van der Waals surface area (Å²) in [6.45, 7) is -0.471. The lowest BCUT2D eigenvalue weighted by molar-refractivity contribution is -0.142. The maximum absolute atomic E-state index is 13.5. The topological polar surface area (TPSA) is 88.5 Å². The number of nitrogens with zero attached hydrogens (tertiary/aromatic N) is 3. The first-order chi connectivity index (χ1) is 14.1. The van der Waals surface area contributed by atoms with Crippen molar-refractivity contribution < 1.29 is 27.5 Å². The number of rotatable bonds is 4. The van der Waals surface area contributed by atoms with E-state index in [2.05, 4.69) is 15.7 Å². The molecule has 0 radical (unpaired) electrons. The minimum absolute atomic E-state index is 0.106. The number of alkyl halides is 3. The third-order valence-corrected chi connectivity index (χ3v) is 4.87. The van der Waals surface area contributed by atoms with Crippen LogP contribution >= 0.6 is 11.6 Å². The minimum Gasteiger partial charge on any atom is -0.495 e. The van der Waals surface area contributed by atoms with Crippen LogP contribution in [-0.4, -0.2) is 47.3 Å². The van der Waals surface area contributed by atoms with Crippen LogP contribution in [0.5, 0.6) is 5.75 Å². The van der Waals surface area contributed by atoms with Crippen LogP contribution in [0.25, 0.3) is 0 Å². The fraction of sp³-hybridized carbons (Fsp3) is 0.389. The number of amides is 3. The molecule has 162 valence electrons. The molecular weight excluding hydrogens is 427 g/mol. The van der Waals surface area contributed by atoms with Gasteiger partial charge in [0.05, 0.1) is 19.3 Å². The summed E-state index contributed by atoms with van der Waals surface area (Å²) in [7, 11) is 2.82. The fourth-order valence-corrected chi connectivity index (χ4v) is 3.46. The Morgan fingerprint density at radius 2 is 2.07 bits per heavy atom. The lowest BCUT2D eigenvalue weighted by Crippen LogP contribution is -2.42. The molecule has 1 aromatic carbocycles. The van der Waals surface area contributed by atoms with Gasteiger partial charge in [0.25, 0.3) is 0 Å². The van der Waals surface area contributed by atoms with E-state index in [9.17, 15) is 22.8 Å². The molecule has 1 aliphatic rings. The first kappa shape index (κ1) is 21.8. The van der Waals surface area contributed by atoms with Crippen LogP contribution in [-0.2, 0) is 30.5 Å². The van der Waals surface area contributed by atoms with Gasteiger partial charge in [0, 0.05) is 36.3 Å². The van der Waals surface area contributed by atoms with Crippen LogP contribution in [0.3, 0.4) is 0 Å². The Morgan fingerprint density at radius 3 is 2.70 bits per heavy atom. The molecule has 0 bridgehead atoms. The van der Waals surface area contributed by atoms with Crippen LogP contribution < -0.4 is 15.4 Å². The van der Waals surface area contributed by atoms with Crippen molar-refractivity contribution in [2.45, 2.75) is 25.7 Å². The Morgan fingerprint density at radius 1 is 1.33 bits per heavy atom. The molecule has 0 spiro atoms. The van der Waals surface area contributed by atoms with Gasteiger partial charge in [-0.25, -0.2) is 4.79 Å². The molecule has 30 heavy (non-hydrogen) atoms. The zero-order valence-electron chi connectivity index (χ0n) is 16.1. The van der Waals surface area contributed by atoms with E-state index in [1.807, 2.05) is 0 Å². The van der Waals surface area contributed by atoms with Gasteiger partial charge in [-0.15, -0.1) is 0 Å². The molecule has 2 aromatic rings. The summed E-state index contributed by atoms with van der Waals surface area (Å²) in [6.07, 6.45) is -4.58. The zero-order valence-corrected chi connectivity index (χ0v) is 16.9. The number of methoxy groups -OCH3 is 1. The van der Waals surface area contributed by atoms with Gasteiger partial charge in [0.2, 0.25) is 5.91 Å². The minimum atomic E-state index is -4.71. The number of nitrogens with one attached hydrogen (secondary N) is 2. The molecule has 0 saturated heterocycles. The van der Waals surface area contributed by atoms with Gasteiger partial charge in [0.15, 0.2) is 5.69 Å². The summed E-state index contributed by atoms with van der Waals surface area (Å²) < 4.78 is 46.7. The molecule has 3 rings (SSSR count). The molecule has 8 nitrogen and oxygen atoms in total. The zero-order chi connectivity index (χ0) is 22.1. The number of halogens is 4. The third-order valence-electron chi connectivity index (χ3n) is 4.63. The number of urea groups is 1. The van der Waals surface area contributed by atoms with Crippen LogP contribution in [0, 0.1) is 0 Å². The van der Waals surface area contributed by atoms with Crippen LogP contribution in [0.15, 0.2) is 18.2 Å². The highest BCUT2D eigenvalue weighted by Crippen LogP contribution is 2.35. The third kappa shape index (κ3) is 4.45. The summed E-state index contributed by atoms with van der Waals surface area (Å²) in [6, 6.07) is 4.13. The lowest BCUT2D eigenvalue weighted by atomic mass is 10.1. The van der Waals surface area contributed by atoms with E-state index in [1.165, 1.54) is 25.1 Å². The van der Waals surface area contributed by atoms with E-state index >= 15 is 0 Å². The number of anilines is 1. The predicted molar refractivity (Wildman–Crippen MR) is 102 cm³/mol. The van der Waals surface area contributed by atoms with E-state index in [4.69, 9.17) is 16.3 Å². The predicted octanol–water partition coefficient (Wildman–Crippen LogP) is 2.90. The molecule has 12 heteroatoms. The molecule has 2 heterocycles. The van der Waals surface area contributed by atoms with Crippen LogP contribution in [0.4, 0.5) is 23.7 Å². The van der Waals surface area contributed by atoms with Gasteiger partial charge >= 0.3 is 12.2 Å². The second-order valence-corrected chi connectivity index (χ2v) is 6.99. The Labute approximate surface area is 174 Å². The maximum atomic E-state index is 13.5. The molecular formula is C18H19ClF3N5O3. The summed E-state index contributed by atoms with van der Waals surface area (Å²) in [5.74, 6) is -0.240. The smallest absolute Gasteiger partial charge is 0.435 e. The van der Waals surface area contributed by atoms with E-state index in [0.29, 0.717) is 10.8 Å². The summed E-state index contributed by atoms with van der Waals surface area (Å²) in [5, 5.41) is 8.97. The molecule has 2 N–H and O–H groups in total. The quantitative estimate of drug-likeness (QED) is 0.757. The first-order valence-corrected chi connectivity index (χ1v) is 9.27. The molecule has 0 saturated carbocycles. The van der Waals surface area contributed by atoms with E-state index in [-0.39, 0.29) is 36.5 Å². The van der Waals surface area contributed by atoms with Crippen molar-refractivity contribution in [2.75, 3.05) is 26.0 Å². The van der Waals surface area contributed by atoms with Crippen molar-refractivity contribution in [1.82, 2.24) is 20.0 Å². The number of hydrogen-bond donors (Lipinski definition) is 2. The molecule has 3 amide bonds. The Bertz CT molecular complexity index is 977. The van der Waals surface area contributed by atoms with Gasteiger partial charge in [0.1, 0.15) is 12.3 Å². The van der Waals surface area contributed by atoms with E-state index in [1.54, 1.807) is 12.1 Å². The number of carbonyl (C=O) groups is 2. The highest BCUT2D eigenvalue weighted by atomic mass is 35.5. The van der Waals surface area contributed by atoms with Crippen LogP contribution in [0.2, 0.25) is 5.02 Å². The molecule has 1 aliphatic heterocycles. The van der Waals surface area contributed by atoms with Crippen molar-refractivity contribution >= 4 is 29.2 Å². The molecule has 0 unspecified atom stereocenters. The Balaban J connectivity index is 1.87. The average Bonchev–Trinajstić information content (AvgIpc) is 3.05. The van der Waals surface area contributed by atoms with Crippen molar-refractivity contribution in [2.24, 2.45) is 0 Å². The highest BCUT2D eigenvalue weighted by molar-refractivity contribution is 6.31. The SMILES string of the molecule is CNC(=O)N1CCc2c(c(C(F)(F)F)nn2CC(=O)Nc2cc(Cl)ccc2OC)C1. The number of aromatic nitrogens is 2. The number of carbonyl (C=O) groups excluding carboxylic acids is 2. The van der Waals surface area contributed by atoms with Gasteiger partial charge in [-0.05, 0) is 18.2 Å². The second-order valence-electron chi connectivity index (χ2n) is 6.55. The largest absolute Gasteiger partial charge is 0.495 e. The van der Waals surface area contributed by atoms with Gasteiger partial charge in [-0.2, -0.15) is 18.3 Å². The van der Waals surface area contributed by atoms with Gasteiger partial charge < -0.3 is 20.3 Å². The molecule has 1 aromatic heterocycles. The lowest BCUT2D eigenvalue weighted by Gasteiger charge is -2.27. The number of benzene rings is 1. The summed E-state index contributed by atoms with van der Waals surface area (Å²) in [5.41, 5.74) is -0.640. The summed E-state index contributed by atoms with van der Waals surface area (Å²) >= 11 is 5.93. The second kappa shape index (κ2) is 8.42. The molecule has 0 atom stereocenters. The monoisotopic (exact) mass is 445 g/mol. The number of ether oxygens (including phenoxy) is 1. The van der Waals surface area contributed by atoms with Gasteiger partial charge in [-0.1, -0.05) is 11.6 Å². The molecule has 0 aliphatic carbocycles. The summed E-state index contributed by atoms with van der Waals surface area (Å²) in [4.78, 5) is 25.6. The van der Waals surface area contributed by atoms with E-state index < -0.39 is 30.4 Å². The Hall–Kier alpha value is -2.95. The first-order valence-electron chi connectivity index (χ1n) is 8.89. The fourth-order valence-electron chi connectivity index (χ4n) is 3.28. The maximum Gasteiger partial charge on any atom is 0.435 e. The molecule has 0 fully saturated rings. The van der Waals surface area contributed by atoms with Crippen molar-refractivity contribution in [3.05, 3.63) is 40.2 Å². The Kier molecular flexibility index (Phi) is 6.11. The average molecular weight is 446 g/mol. The van der Waals surface area contributed by atoms with E-state index in [0.717, 1.165) is 4.68 Å². The van der Waals surface area contributed by atoms with Crippen molar-refractivity contribution in [3.63, 3.8) is 0 Å². The van der Waals surface area contributed by atoms with Crippen molar-refractivity contribution in [1.29, 1.82) is 0 Å². The van der Waals surface area contributed by atoms with Gasteiger partial charge in [-0.3, -0.25) is 9.48 Å². The van der Waals surface area contributed by atoms with Crippen molar-refractivity contribution in [3.8, 4) is 5.75 Å². The number of hydrogen-bond acceptors (Lipinski definition) is 4. The number of fused-ring (bicyclic) bond motifs is 1.